The van der Waals surface area contributed by atoms with Gasteiger partial charge in [0.15, 0.2) is 5.71 Å². The minimum atomic E-state index is -4.07. The van der Waals surface area contributed by atoms with Crippen molar-refractivity contribution < 1.29 is 22.3 Å². The van der Waals surface area contributed by atoms with E-state index in [2.05, 4.69) is 73.7 Å². The summed E-state index contributed by atoms with van der Waals surface area (Å²) in [5.41, 5.74) is 4.28. The number of aliphatic imine (C=N–C) groups is 1. The van der Waals surface area contributed by atoms with Crippen LogP contribution in [0.3, 0.4) is 0 Å². The molecule has 8 heteroatoms. The highest BCUT2D eigenvalue weighted by Crippen LogP contribution is 2.50. The first-order valence-electron chi connectivity index (χ1n) is 15.6. The van der Waals surface area contributed by atoms with Crippen molar-refractivity contribution in [3.63, 3.8) is 0 Å². The van der Waals surface area contributed by atoms with Gasteiger partial charge in [-0.3, -0.25) is 9.35 Å². The third-order valence-electron chi connectivity index (χ3n) is 8.89. The van der Waals surface area contributed by atoms with E-state index in [4.69, 9.17) is 4.99 Å². The van der Waals surface area contributed by atoms with Gasteiger partial charge in [-0.15, -0.1) is 0 Å². The highest BCUT2D eigenvalue weighted by atomic mass is 32.2. The van der Waals surface area contributed by atoms with Crippen molar-refractivity contribution in [2.75, 3.05) is 17.2 Å². The Bertz CT molecular complexity index is 1630. The van der Waals surface area contributed by atoms with Gasteiger partial charge in [0.2, 0.25) is 0 Å². The molecule has 44 heavy (non-hydrogen) atoms. The number of carbonyl (C=O) groups is 1. The zero-order valence-corrected chi connectivity index (χ0v) is 28.1. The molecule has 236 valence electrons. The number of benzene rings is 1. The van der Waals surface area contributed by atoms with E-state index in [0.717, 1.165) is 41.4 Å². The average Bonchev–Trinajstić information content (AvgIpc) is 3.34. The summed E-state index contributed by atoms with van der Waals surface area (Å²) in [4.78, 5) is 20.2. The van der Waals surface area contributed by atoms with Crippen molar-refractivity contribution in [2.45, 2.75) is 91.5 Å². The number of hydrogen-bond acceptors (Lipinski definition) is 5. The van der Waals surface area contributed by atoms with Crippen LogP contribution in [0.1, 0.15) is 85.3 Å². The molecule has 2 aliphatic heterocycles. The Morgan fingerprint density at radius 1 is 1.05 bits per heavy atom. The Hall–Kier alpha value is -3.36. The van der Waals surface area contributed by atoms with Gasteiger partial charge in [0.05, 0.1) is 29.5 Å². The Balaban J connectivity index is 1.65. The molecular formula is C36H48N3O4S+. The standard InChI is InChI=1S/C36H47N3O4S/c1-8-23-38-24-14-17-28-33(38)37-30(35(28,5)6)19-10-9-11-20-31-36(7,22-21-32(40)34(2,3)4)27-16-12-13-18-29(27)39(31)25-15-26-44(41,42)43/h9-14,16-20,24H,8,15,21-23,25-26H2,1-7H3/p+1. The third-order valence-corrected chi connectivity index (χ3v) is 9.70. The van der Waals surface area contributed by atoms with Gasteiger partial charge in [-0.2, -0.15) is 8.42 Å². The number of hydrogen-bond donors (Lipinski definition) is 1. The zero-order valence-electron chi connectivity index (χ0n) is 27.3. The van der Waals surface area contributed by atoms with Crippen LogP contribution >= 0.6 is 0 Å². The number of aryl methyl sites for hydroxylation is 1. The van der Waals surface area contributed by atoms with Gasteiger partial charge in [-0.05, 0) is 80.9 Å². The van der Waals surface area contributed by atoms with Crippen molar-refractivity contribution >= 4 is 33.1 Å². The van der Waals surface area contributed by atoms with Gasteiger partial charge in [0.1, 0.15) is 5.78 Å². The Kier molecular flexibility index (Phi) is 9.86. The second-order valence-electron chi connectivity index (χ2n) is 13.7. The SMILES string of the molecule is CCC[n+]1cccc2c1N=C(/C=C/C=C/C=C1/N(CCCS(=O)(=O)O)c3ccccc3C1(C)CCC(=O)C(C)(C)C)C2(C)C. The normalized spacial score (nSPS) is 20.5. The number of pyridine rings is 1. The lowest BCUT2D eigenvalue weighted by atomic mass is 9.75. The lowest BCUT2D eigenvalue weighted by Gasteiger charge is -2.31. The highest BCUT2D eigenvalue weighted by molar-refractivity contribution is 7.85. The highest BCUT2D eigenvalue weighted by Gasteiger charge is 2.44. The summed E-state index contributed by atoms with van der Waals surface area (Å²) < 4.78 is 34.6. The van der Waals surface area contributed by atoms with Crippen LogP contribution in [0, 0.1) is 5.41 Å². The van der Waals surface area contributed by atoms with Crippen LogP contribution in [0.4, 0.5) is 11.5 Å². The summed E-state index contributed by atoms with van der Waals surface area (Å²) in [6.07, 6.45) is 14.6. The first-order valence-corrected chi connectivity index (χ1v) is 17.2. The van der Waals surface area contributed by atoms with Crippen LogP contribution in [0.2, 0.25) is 0 Å². The van der Waals surface area contributed by atoms with E-state index in [1.54, 1.807) is 0 Å². The lowest BCUT2D eigenvalue weighted by molar-refractivity contribution is -0.684. The van der Waals surface area contributed by atoms with Crippen LogP contribution in [0.5, 0.6) is 0 Å². The third kappa shape index (κ3) is 7.13. The molecule has 1 N–H and O–H groups in total. The van der Waals surface area contributed by atoms with E-state index < -0.39 is 20.9 Å². The number of para-hydroxylation sites is 1. The molecule has 3 heterocycles. The molecule has 0 bridgehead atoms. The van der Waals surface area contributed by atoms with Crippen LogP contribution in [-0.2, 0) is 32.3 Å². The second kappa shape index (κ2) is 12.9. The topological polar surface area (TPSA) is 90.9 Å². The van der Waals surface area contributed by atoms with Crippen LogP contribution in [0.15, 0.2) is 83.7 Å². The fourth-order valence-corrected chi connectivity index (χ4v) is 6.73. The van der Waals surface area contributed by atoms with Crippen molar-refractivity contribution in [2.24, 2.45) is 10.4 Å². The largest absolute Gasteiger partial charge is 0.344 e. The van der Waals surface area contributed by atoms with Gasteiger partial charge >= 0.3 is 5.82 Å². The number of fused-ring (bicyclic) bond motifs is 2. The van der Waals surface area contributed by atoms with E-state index in [1.165, 1.54) is 5.56 Å². The first kappa shape index (κ1) is 33.5. The van der Waals surface area contributed by atoms with Crippen molar-refractivity contribution in [3.05, 3.63) is 89.8 Å². The van der Waals surface area contributed by atoms with E-state index >= 15 is 0 Å². The van der Waals surface area contributed by atoms with Crippen molar-refractivity contribution in [3.8, 4) is 0 Å². The minimum Gasteiger partial charge on any atom is -0.344 e. The van der Waals surface area contributed by atoms with Crippen LogP contribution < -0.4 is 9.47 Å². The maximum absolute atomic E-state index is 13.0. The summed E-state index contributed by atoms with van der Waals surface area (Å²) in [5, 5.41) is 0. The zero-order chi connectivity index (χ0) is 32.3. The molecule has 0 saturated heterocycles. The average molecular weight is 619 g/mol. The van der Waals surface area contributed by atoms with Crippen molar-refractivity contribution in [1.82, 2.24) is 0 Å². The van der Waals surface area contributed by atoms with Crippen LogP contribution in [-0.4, -0.2) is 36.8 Å². The first-order chi connectivity index (χ1) is 20.6. The second-order valence-corrected chi connectivity index (χ2v) is 15.2. The number of anilines is 1. The number of aromatic nitrogens is 1. The molecule has 2 aliphatic rings. The summed E-state index contributed by atoms with van der Waals surface area (Å²) >= 11 is 0. The maximum Gasteiger partial charge on any atom is 0.327 e. The summed E-state index contributed by atoms with van der Waals surface area (Å²) in [5.74, 6) is 0.921. The Morgan fingerprint density at radius 3 is 2.43 bits per heavy atom. The van der Waals surface area contributed by atoms with E-state index in [-0.39, 0.29) is 23.4 Å². The number of rotatable bonds is 12. The van der Waals surface area contributed by atoms with Crippen LogP contribution in [0.25, 0.3) is 0 Å². The molecule has 1 aromatic heterocycles. The number of Topliss-reactive ketones (excluding diaryl/α,β-unsaturated/α-hetero) is 1. The molecule has 1 atom stereocenters. The molecule has 1 unspecified atom stereocenters. The molecule has 0 aliphatic carbocycles. The molecule has 0 radical (unpaired) electrons. The minimum absolute atomic E-state index is 0.204. The number of ketones is 1. The monoisotopic (exact) mass is 618 g/mol. The van der Waals surface area contributed by atoms with Crippen molar-refractivity contribution in [1.29, 1.82) is 0 Å². The Labute approximate surface area is 263 Å². The van der Waals surface area contributed by atoms with Gasteiger partial charge in [-0.25, -0.2) is 4.57 Å². The molecule has 0 spiro atoms. The quantitative estimate of drug-likeness (QED) is 0.154. The van der Waals surface area contributed by atoms with Gasteiger partial charge in [-0.1, -0.05) is 64.1 Å². The smallest absolute Gasteiger partial charge is 0.327 e. The molecule has 0 fully saturated rings. The predicted molar refractivity (Wildman–Crippen MR) is 179 cm³/mol. The lowest BCUT2D eigenvalue weighted by Crippen LogP contribution is -2.34. The summed E-state index contributed by atoms with van der Waals surface area (Å²) in [6.45, 7) is 15.9. The molecular weight excluding hydrogens is 570 g/mol. The molecule has 0 saturated carbocycles. The van der Waals surface area contributed by atoms with Gasteiger partial charge in [0.25, 0.3) is 10.1 Å². The molecule has 2 aromatic rings. The molecule has 1 aromatic carbocycles. The fourth-order valence-electron chi connectivity index (χ4n) is 6.23. The number of allylic oxidation sites excluding steroid dienone is 6. The van der Waals surface area contributed by atoms with E-state index in [1.807, 2.05) is 57.2 Å². The summed E-state index contributed by atoms with van der Waals surface area (Å²) in [7, 11) is -4.07. The maximum atomic E-state index is 13.0. The fraction of sp³-hybridized carbons (Fsp3) is 0.472. The molecule has 0 amide bonds. The predicted octanol–water partition coefficient (Wildman–Crippen LogP) is 7.20. The van der Waals surface area contributed by atoms with Gasteiger partial charge in [0, 0.05) is 35.2 Å². The van der Waals surface area contributed by atoms with Gasteiger partial charge < -0.3 is 4.90 Å². The summed E-state index contributed by atoms with van der Waals surface area (Å²) in [6, 6.07) is 12.4. The molecule has 4 rings (SSSR count). The van der Waals surface area contributed by atoms with E-state index in [0.29, 0.717) is 19.4 Å². The number of nitrogens with zero attached hydrogens (tertiary/aromatic N) is 3. The number of carbonyl (C=O) groups excluding carboxylic acids is 1. The van der Waals surface area contributed by atoms with E-state index in [9.17, 15) is 17.8 Å². The Morgan fingerprint density at radius 2 is 1.75 bits per heavy atom. The molecule has 7 nitrogen and oxygen atoms in total.